The van der Waals surface area contributed by atoms with E-state index in [0.717, 1.165) is 43.0 Å². The van der Waals surface area contributed by atoms with E-state index in [1.807, 2.05) is 45.8 Å². The molecule has 24 heavy (non-hydrogen) atoms. The van der Waals surface area contributed by atoms with Gasteiger partial charge in [0.25, 0.3) is 0 Å². The van der Waals surface area contributed by atoms with Crippen molar-refractivity contribution in [1.82, 2.24) is 14.3 Å². The summed E-state index contributed by atoms with van der Waals surface area (Å²) in [6, 6.07) is 4.13. The molecule has 1 aliphatic heterocycles. The topological polar surface area (TPSA) is 40.9 Å². The maximum absolute atomic E-state index is 12.6. The molecule has 3 rings (SSSR count). The summed E-state index contributed by atoms with van der Waals surface area (Å²) in [5.41, 5.74) is 1.87. The van der Waals surface area contributed by atoms with Gasteiger partial charge in [-0.1, -0.05) is 20.8 Å². The lowest BCUT2D eigenvalue weighted by Gasteiger charge is -2.36. The van der Waals surface area contributed by atoms with Crippen LogP contribution in [0.1, 0.15) is 45.2 Å². The smallest absolute Gasteiger partial charge is 0.227 e. The van der Waals surface area contributed by atoms with Crippen LogP contribution in [0, 0.1) is 5.41 Å². The van der Waals surface area contributed by atoms with Crippen molar-refractivity contribution < 1.29 is 4.79 Å². The molecular formula is C19H28N4O. The third kappa shape index (κ3) is 3.12. The average molecular weight is 328 g/mol. The van der Waals surface area contributed by atoms with Crippen molar-refractivity contribution >= 4 is 17.2 Å². The maximum atomic E-state index is 12.6. The number of amides is 1. The quantitative estimate of drug-likeness (QED) is 0.850. The van der Waals surface area contributed by atoms with Crippen LogP contribution in [0.15, 0.2) is 24.5 Å². The second-order valence-corrected chi connectivity index (χ2v) is 8.02. The van der Waals surface area contributed by atoms with E-state index in [1.165, 1.54) is 0 Å². The summed E-state index contributed by atoms with van der Waals surface area (Å²) in [6.07, 6.45) is 6.31. The largest absolute Gasteiger partial charge is 0.361 e. The van der Waals surface area contributed by atoms with Gasteiger partial charge < -0.3 is 14.2 Å². The summed E-state index contributed by atoms with van der Waals surface area (Å²) in [5.74, 6) is 1.52. The zero-order valence-corrected chi connectivity index (χ0v) is 15.4. The van der Waals surface area contributed by atoms with Crippen LogP contribution in [0.25, 0.3) is 5.52 Å². The van der Waals surface area contributed by atoms with E-state index in [4.69, 9.17) is 4.98 Å². The van der Waals surface area contributed by atoms with E-state index in [2.05, 4.69) is 27.8 Å². The highest BCUT2D eigenvalue weighted by Gasteiger charge is 2.32. The van der Waals surface area contributed by atoms with Gasteiger partial charge >= 0.3 is 0 Å². The van der Waals surface area contributed by atoms with E-state index in [0.29, 0.717) is 5.92 Å². The molecule has 0 spiro atoms. The van der Waals surface area contributed by atoms with Crippen molar-refractivity contribution in [3.05, 3.63) is 30.2 Å². The molecule has 0 bridgehead atoms. The summed E-state index contributed by atoms with van der Waals surface area (Å²) < 4.78 is 2.14. The van der Waals surface area contributed by atoms with E-state index in [9.17, 15) is 4.79 Å². The Balaban J connectivity index is 1.91. The Labute approximate surface area is 144 Å². The summed E-state index contributed by atoms with van der Waals surface area (Å²) in [4.78, 5) is 21.6. The highest BCUT2D eigenvalue weighted by Crippen LogP contribution is 2.30. The molecule has 5 nitrogen and oxygen atoms in total. The second-order valence-electron chi connectivity index (χ2n) is 8.02. The summed E-state index contributed by atoms with van der Waals surface area (Å²) in [5, 5.41) is 0. The number of hydrogen-bond acceptors (Lipinski definition) is 3. The highest BCUT2D eigenvalue weighted by atomic mass is 16.2. The summed E-state index contributed by atoms with van der Waals surface area (Å²) >= 11 is 0. The van der Waals surface area contributed by atoms with Crippen molar-refractivity contribution in [2.24, 2.45) is 5.41 Å². The number of fused-ring (bicyclic) bond motifs is 1. The Bertz CT molecular complexity index is 741. The van der Waals surface area contributed by atoms with Crippen LogP contribution < -0.4 is 4.90 Å². The maximum Gasteiger partial charge on any atom is 0.227 e. The molecule has 3 heterocycles. The molecule has 1 unspecified atom stereocenters. The number of carbonyl (C=O) groups is 1. The number of nitrogens with zero attached hydrogens (tertiary/aromatic N) is 4. The molecule has 1 amide bonds. The minimum Gasteiger partial charge on any atom is -0.361 e. The van der Waals surface area contributed by atoms with Crippen LogP contribution in [0.3, 0.4) is 0 Å². The molecule has 130 valence electrons. The Kier molecular flexibility index (Phi) is 4.28. The molecule has 1 fully saturated rings. The standard InChI is InChI=1S/C19H28N4O/c1-19(2,3)18(24)23-11-6-8-14(12-23)15-13-22-10-7-9-16(22)17(20-15)21(4)5/h7,9-10,13-14H,6,8,11-12H2,1-5H3. The number of hydrogen-bond donors (Lipinski definition) is 0. The number of aromatic nitrogens is 2. The second kappa shape index (κ2) is 6.11. The van der Waals surface area contributed by atoms with E-state index >= 15 is 0 Å². The van der Waals surface area contributed by atoms with Crippen LogP contribution in [-0.2, 0) is 4.79 Å². The minimum absolute atomic E-state index is 0.238. The van der Waals surface area contributed by atoms with Crippen LogP contribution in [-0.4, -0.2) is 47.4 Å². The van der Waals surface area contributed by atoms with Gasteiger partial charge in [-0.25, -0.2) is 4.98 Å². The number of carbonyl (C=O) groups excluding carboxylic acids is 1. The molecular weight excluding hydrogens is 300 g/mol. The van der Waals surface area contributed by atoms with Gasteiger partial charge in [-0.3, -0.25) is 4.79 Å². The third-order valence-corrected chi connectivity index (χ3v) is 4.71. The van der Waals surface area contributed by atoms with Crippen LogP contribution in [0.4, 0.5) is 5.82 Å². The Hall–Kier alpha value is -2.04. The van der Waals surface area contributed by atoms with Gasteiger partial charge in [0.2, 0.25) is 5.91 Å². The van der Waals surface area contributed by atoms with Gasteiger partial charge in [0.15, 0.2) is 5.82 Å². The summed E-state index contributed by atoms with van der Waals surface area (Å²) in [7, 11) is 4.05. The monoisotopic (exact) mass is 328 g/mol. The van der Waals surface area contributed by atoms with E-state index in [-0.39, 0.29) is 11.3 Å². The molecule has 1 saturated heterocycles. The number of rotatable bonds is 2. The Morgan fingerprint density at radius 2 is 2.08 bits per heavy atom. The minimum atomic E-state index is -0.325. The molecule has 0 radical (unpaired) electrons. The Morgan fingerprint density at radius 1 is 1.33 bits per heavy atom. The zero-order valence-electron chi connectivity index (χ0n) is 15.4. The van der Waals surface area contributed by atoms with Crippen LogP contribution >= 0.6 is 0 Å². The molecule has 2 aromatic rings. The van der Waals surface area contributed by atoms with Crippen LogP contribution in [0.2, 0.25) is 0 Å². The SMILES string of the molecule is CN(C)c1nc(C2CCCN(C(=O)C(C)(C)C)C2)cn2cccc12. The van der Waals surface area contributed by atoms with Gasteiger partial charge in [0.1, 0.15) is 0 Å². The van der Waals surface area contributed by atoms with Gasteiger partial charge in [-0.15, -0.1) is 0 Å². The van der Waals surface area contributed by atoms with Gasteiger partial charge in [-0.2, -0.15) is 0 Å². The Morgan fingerprint density at radius 3 is 2.75 bits per heavy atom. The average Bonchev–Trinajstić information content (AvgIpc) is 3.00. The molecule has 5 heteroatoms. The van der Waals surface area contributed by atoms with Crippen LogP contribution in [0.5, 0.6) is 0 Å². The summed E-state index contributed by atoms with van der Waals surface area (Å²) in [6.45, 7) is 7.61. The first kappa shape index (κ1) is 16.8. The molecule has 0 aliphatic carbocycles. The fourth-order valence-corrected chi connectivity index (χ4v) is 3.45. The number of likely N-dealkylation sites (tertiary alicyclic amines) is 1. The highest BCUT2D eigenvalue weighted by molar-refractivity contribution is 5.81. The predicted molar refractivity (Wildman–Crippen MR) is 97.5 cm³/mol. The molecule has 0 aromatic carbocycles. The van der Waals surface area contributed by atoms with Crippen molar-refractivity contribution in [2.45, 2.75) is 39.5 Å². The molecule has 1 atom stereocenters. The lowest BCUT2D eigenvalue weighted by atomic mass is 9.90. The lowest BCUT2D eigenvalue weighted by molar-refractivity contribution is -0.140. The zero-order chi connectivity index (χ0) is 17.5. The van der Waals surface area contributed by atoms with E-state index in [1.54, 1.807) is 0 Å². The molecule has 0 N–H and O–H groups in total. The fraction of sp³-hybridized carbons (Fsp3) is 0.579. The first-order valence-corrected chi connectivity index (χ1v) is 8.71. The number of anilines is 1. The normalized spacial score (nSPS) is 18.9. The lowest BCUT2D eigenvalue weighted by Crippen LogP contribution is -2.44. The van der Waals surface area contributed by atoms with Crippen molar-refractivity contribution in [1.29, 1.82) is 0 Å². The van der Waals surface area contributed by atoms with Crippen molar-refractivity contribution in [2.75, 3.05) is 32.1 Å². The molecule has 0 saturated carbocycles. The fourth-order valence-electron chi connectivity index (χ4n) is 3.45. The predicted octanol–water partition coefficient (Wildman–Crippen LogP) is 3.15. The van der Waals surface area contributed by atoms with Gasteiger partial charge in [0, 0.05) is 50.9 Å². The first-order chi connectivity index (χ1) is 11.3. The van der Waals surface area contributed by atoms with Gasteiger partial charge in [-0.05, 0) is 25.0 Å². The first-order valence-electron chi connectivity index (χ1n) is 8.71. The van der Waals surface area contributed by atoms with Crippen molar-refractivity contribution in [3.8, 4) is 0 Å². The number of piperidine rings is 1. The van der Waals surface area contributed by atoms with E-state index < -0.39 is 0 Å². The molecule has 1 aliphatic rings. The third-order valence-electron chi connectivity index (χ3n) is 4.71. The molecule has 2 aromatic heterocycles. The van der Waals surface area contributed by atoms with Gasteiger partial charge in [0.05, 0.1) is 11.2 Å². The van der Waals surface area contributed by atoms with Crippen molar-refractivity contribution in [3.63, 3.8) is 0 Å².